The van der Waals surface area contributed by atoms with E-state index < -0.39 is 28.7 Å². The molecular weight excluding hydrogens is 544 g/mol. The predicted octanol–water partition coefficient (Wildman–Crippen LogP) is 3.37. The van der Waals surface area contributed by atoms with Gasteiger partial charge >= 0.3 is 0 Å². The van der Waals surface area contributed by atoms with Gasteiger partial charge < -0.3 is 14.4 Å². The summed E-state index contributed by atoms with van der Waals surface area (Å²) in [6.45, 7) is 1.10. The molecule has 1 aliphatic rings. The van der Waals surface area contributed by atoms with Gasteiger partial charge in [0, 0.05) is 18.7 Å². The van der Waals surface area contributed by atoms with Crippen molar-refractivity contribution < 1.29 is 31.2 Å². The van der Waals surface area contributed by atoms with Crippen molar-refractivity contribution in [3.05, 3.63) is 63.7 Å². The van der Waals surface area contributed by atoms with Gasteiger partial charge in [-0.05, 0) is 62.5 Å². The van der Waals surface area contributed by atoms with E-state index in [2.05, 4.69) is 0 Å². The Hall–Kier alpha value is -2.41. The van der Waals surface area contributed by atoms with Crippen LogP contribution in [0.1, 0.15) is 30.4 Å². The van der Waals surface area contributed by atoms with Crippen molar-refractivity contribution in [2.45, 2.75) is 29.8 Å². The van der Waals surface area contributed by atoms with E-state index in [9.17, 15) is 26.9 Å². The Morgan fingerprint density at radius 2 is 1.62 bits per heavy atom. The topological polar surface area (TPSA) is 133 Å². The van der Waals surface area contributed by atoms with Gasteiger partial charge in [-0.25, -0.2) is 16.8 Å². The zero-order valence-corrected chi connectivity index (χ0v) is 23.5. The standard InChI is InChI=1S/C24H32N2O8S2.ClH/c1-25(14-11-19-9-10-22(33-2)23(17-19)34-3)13-5-12-24(20-7-4-8-21(18-20)26(27)28)35(29,30)15-6-16-36(24,31)32;/h4,7-10,17-18H,5-6,11-16H2,1-3H3;1H. The van der Waals surface area contributed by atoms with E-state index in [-0.39, 0.29) is 54.4 Å². The fourth-order valence-corrected chi connectivity index (χ4v) is 10.5. The second-order valence-electron chi connectivity index (χ2n) is 8.90. The molecule has 10 nitrogen and oxygen atoms in total. The van der Waals surface area contributed by atoms with Crippen LogP contribution in [0.2, 0.25) is 0 Å². The molecule has 206 valence electrons. The third-order valence-corrected chi connectivity index (χ3v) is 12.7. The van der Waals surface area contributed by atoms with E-state index in [1.54, 1.807) is 14.2 Å². The lowest BCUT2D eigenvalue weighted by Gasteiger charge is -2.37. The fourth-order valence-electron chi connectivity index (χ4n) is 4.68. The number of halogens is 1. The number of hydrogen-bond acceptors (Lipinski definition) is 9. The second kappa shape index (κ2) is 12.4. The van der Waals surface area contributed by atoms with E-state index in [0.717, 1.165) is 11.6 Å². The fraction of sp³-hybridized carbons (Fsp3) is 0.500. The Labute approximate surface area is 224 Å². The van der Waals surface area contributed by atoms with Crippen LogP contribution in [0.5, 0.6) is 11.5 Å². The Bertz CT molecular complexity index is 1280. The summed E-state index contributed by atoms with van der Waals surface area (Å²) in [5, 5.41) is 11.3. The zero-order chi connectivity index (χ0) is 26.6. The molecule has 0 bridgehead atoms. The van der Waals surface area contributed by atoms with Crippen molar-refractivity contribution in [1.82, 2.24) is 4.90 Å². The molecule has 2 aromatic rings. The summed E-state index contributed by atoms with van der Waals surface area (Å²) in [4.78, 5) is 12.7. The van der Waals surface area contributed by atoms with Crippen LogP contribution in [0.4, 0.5) is 5.69 Å². The minimum Gasteiger partial charge on any atom is -0.493 e. The van der Waals surface area contributed by atoms with Gasteiger partial charge in [0.25, 0.3) is 5.69 Å². The number of sulfone groups is 2. The van der Waals surface area contributed by atoms with Crippen LogP contribution in [0.25, 0.3) is 0 Å². The molecule has 0 aliphatic carbocycles. The molecule has 1 saturated heterocycles. The van der Waals surface area contributed by atoms with Gasteiger partial charge in [-0.15, -0.1) is 12.4 Å². The number of ether oxygens (including phenoxy) is 2. The first-order chi connectivity index (χ1) is 17.0. The predicted molar refractivity (Wildman–Crippen MR) is 144 cm³/mol. The molecule has 3 rings (SSSR count). The monoisotopic (exact) mass is 576 g/mol. The number of benzene rings is 2. The van der Waals surface area contributed by atoms with Crippen molar-refractivity contribution in [3.8, 4) is 11.5 Å². The molecule has 0 saturated carbocycles. The first kappa shape index (κ1) is 30.8. The average Bonchev–Trinajstić information content (AvgIpc) is 2.83. The summed E-state index contributed by atoms with van der Waals surface area (Å²) in [5.74, 6) is 0.717. The summed E-state index contributed by atoms with van der Waals surface area (Å²) in [7, 11) is -3.21. The van der Waals surface area contributed by atoms with Crippen molar-refractivity contribution in [2.75, 3.05) is 45.9 Å². The summed E-state index contributed by atoms with van der Waals surface area (Å²) >= 11 is 0. The van der Waals surface area contributed by atoms with Crippen LogP contribution < -0.4 is 9.47 Å². The number of non-ortho nitro benzene ring substituents is 1. The van der Waals surface area contributed by atoms with E-state index in [1.165, 1.54) is 18.2 Å². The minimum atomic E-state index is -4.11. The van der Waals surface area contributed by atoms with Crippen LogP contribution in [0.3, 0.4) is 0 Å². The van der Waals surface area contributed by atoms with Crippen LogP contribution in [-0.2, 0) is 30.2 Å². The van der Waals surface area contributed by atoms with E-state index in [0.29, 0.717) is 31.0 Å². The lowest BCUT2D eigenvalue weighted by Crippen LogP contribution is -2.50. The summed E-state index contributed by atoms with van der Waals surface area (Å²) in [5.41, 5.74) is 0.643. The van der Waals surface area contributed by atoms with Gasteiger partial charge in [0.05, 0.1) is 30.6 Å². The Kier molecular flexibility index (Phi) is 10.3. The van der Waals surface area contributed by atoms with Gasteiger partial charge in [-0.2, -0.15) is 0 Å². The summed E-state index contributed by atoms with van der Waals surface area (Å²) in [6, 6.07) is 10.7. The van der Waals surface area contributed by atoms with Gasteiger partial charge in [-0.1, -0.05) is 18.2 Å². The lowest BCUT2D eigenvalue weighted by atomic mass is 10.1. The van der Waals surface area contributed by atoms with Crippen molar-refractivity contribution in [2.24, 2.45) is 0 Å². The number of likely N-dealkylation sites (N-methyl/N-ethyl adjacent to an activating group) is 1. The van der Waals surface area contributed by atoms with Crippen molar-refractivity contribution in [3.63, 3.8) is 0 Å². The molecular formula is C24H33ClN2O8S2. The van der Waals surface area contributed by atoms with Crippen molar-refractivity contribution in [1.29, 1.82) is 0 Å². The second-order valence-corrected chi connectivity index (χ2v) is 13.8. The third-order valence-electron chi connectivity index (χ3n) is 6.60. The summed E-state index contributed by atoms with van der Waals surface area (Å²) < 4.78 is 61.7. The highest BCUT2D eigenvalue weighted by Gasteiger charge is 2.57. The highest BCUT2D eigenvalue weighted by Crippen LogP contribution is 2.45. The molecule has 37 heavy (non-hydrogen) atoms. The lowest BCUT2D eigenvalue weighted by molar-refractivity contribution is -0.384. The van der Waals surface area contributed by atoms with Gasteiger partial charge in [0.2, 0.25) is 0 Å². The van der Waals surface area contributed by atoms with E-state index in [1.807, 2.05) is 30.1 Å². The number of nitro benzene ring substituents is 1. The molecule has 1 heterocycles. The highest BCUT2D eigenvalue weighted by atomic mass is 35.5. The average molecular weight is 577 g/mol. The molecule has 0 spiro atoms. The first-order valence-corrected chi connectivity index (χ1v) is 14.9. The van der Waals surface area contributed by atoms with Gasteiger partial charge in [-0.3, -0.25) is 10.1 Å². The maximum absolute atomic E-state index is 13.3. The maximum Gasteiger partial charge on any atom is 0.269 e. The van der Waals surface area contributed by atoms with E-state index in [4.69, 9.17) is 9.47 Å². The smallest absolute Gasteiger partial charge is 0.269 e. The van der Waals surface area contributed by atoms with Crippen LogP contribution >= 0.6 is 12.4 Å². The minimum absolute atomic E-state index is 0. The normalized spacial score (nSPS) is 17.5. The van der Waals surface area contributed by atoms with Crippen molar-refractivity contribution >= 4 is 37.8 Å². The Morgan fingerprint density at radius 1 is 0.973 bits per heavy atom. The van der Waals surface area contributed by atoms with Crippen LogP contribution in [0, 0.1) is 10.1 Å². The number of nitrogens with zero attached hydrogens (tertiary/aromatic N) is 2. The number of rotatable bonds is 11. The molecule has 0 aromatic heterocycles. The van der Waals surface area contributed by atoms with Gasteiger partial charge in [0.15, 0.2) is 35.3 Å². The maximum atomic E-state index is 13.3. The first-order valence-electron chi connectivity index (χ1n) is 11.6. The SMILES string of the molecule is COc1ccc(CCN(C)CCCC2(c3cccc([N+](=O)[O-])c3)S(=O)(=O)CCCS2(=O)=O)cc1OC.Cl. The number of hydrogen-bond donors (Lipinski definition) is 0. The molecule has 0 N–H and O–H groups in total. The summed E-state index contributed by atoms with van der Waals surface area (Å²) in [6.07, 6.45) is 0.833. The number of methoxy groups -OCH3 is 2. The quantitative estimate of drug-likeness (QED) is 0.291. The molecule has 1 aliphatic heterocycles. The molecule has 0 atom stereocenters. The highest BCUT2D eigenvalue weighted by molar-refractivity contribution is 8.10. The van der Waals surface area contributed by atoms with Gasteiger partial charge in [0.1, 0.15) is 0 Å². The third kappa shape index (κ3) is 6.36. The number of nitro groups is 1. The van der Waals surface area contributed by atoms with Crippen LogP contribution in [-0.4, -0.2) is 72.5 Å². The van der Waals surface area contributed by atoms with Crippen LogP contribution in [0.15, 0.2) is 42.5 Å². The molecule has 0 amide bonds. The van der Waals surface area contributed by atoms with E-state index >= 15 is 0 Å². The molecule has 1 fully saturated rings. The largest absolute Gasteiger partial charge is 0.493 e. The Balaban J connectivity index is 0.00000481. The molecule has 0 radical (unpaired) electrons. The Morgan fingerprint density at radius 3 is 2.22 bits per heavy atom. The zero-order valence-electron chi connectivity index (χ0n) is 21.1. The molecule has 13 heteroatoms. The molecule has 0 unspecified atom stereocenters. The molecule has 2 aromatic carbocycles.